The fourth-order valence-corrected chi connectivity index (χ4v) is 3.07. The minimum absolute atomic E-state index is 0.0622. The van der Waals surface area contributed by atoms with Gasteiger partial charge in [-0.1, -0.05) is 6.92 Å². The number of carboxylic acids is 1. The number of amides is 2. The maximum absolute atomic E-state index is 12.1. The van der Waals surface area contributed by atoms with E-state index in [0.717, 1.165) is 51.7 Å². The van der Waals surface area contributed by atoms with Gasteiger partial charge in [0.15, 0.2) is 0 Å². The van der Waals surface area contributed by atoms with Crippen molar-refractivity contribution < 1.29 is 14.7 Å². The van der Waals surface area contributed by atoms with Crippen LogP contribution in [0.25, 0.3) is 0 Å². The molecule has 0 bridgehead atoms. The molecule has 120 valence electrons. The van der Waals surface area contributed by atoms with Crippen LogP contribution in [0.15, 0.2) is 0 Å². The van der Waals surface area contributed by atoms with Crippen molar-refractivity contribution in [1.29, 1.82) is 0 Å². The molecule has 1 unspecified atom stereocenters. The lowest BCUT2D eigenvalue weighted by Gasteiger charge is -2.33. The first-order valence-electron chi connectivity index (χ1n) is 8.00. The molecule has 2 rings (SSSR count). The second-order valence-electron chi connectivity index (χ2n) is 6.50. The maximum Gasteiger partial charge on any atom is 0.329 e. The Morgan fingerprint density at radius 1 is 1.24 bits per heavy atom. The summed E-state index contributed by atoms with van der Waals surface area (Å²) in [5.41, 5.74) is -1.13. The number of carbonyl (C=O) groups is 2. The standard InChI is InChI=1S/C15H27N3O3/c1-3-8-18-9-6-12(7-10-18)16-14(21)17-15(2,13(19)20)11-4-5-11/h11-12H,3-10H2,1-2H3,(H,19,20)(H2,16,17,21). The molecule has 2 fully saturated rings. The van der Waals surface area contributed by atoms with Crippen LogP contribution in [-0.2, 0) is 4.79 Å². The van der Waals surface area contributed by atoms with Crippen LogP contribution >= 0.6 is 0 Å². The quantitative estimate of drug-likeness (QED) is 0.692. The minimum atomic E-state index is -1.13. The van der Waals surface area contributed by atoms with Crippen LogP contribution in [0.4, 0.5) is 4.79 Å². The van der Waals surface area contributed by atoms with Gasteiger partial charge in [0.1, 0.15) is 5.54 Å². The maximum atomic E-state index is 12.1. The number of nitrogens with zero attached hydrogens (tertiary/aromatic N) is 1. The molecular weight excluding hydrogens is 270 g/mol. The molecule has 6 heteroatoms. The van der Waals surface area contributed by atoms with Crippen LogP contribution < -0.4 is 10.6 Å². The van der Waals surface area contributed by atoms with E-state index in [4.69, 9.17) is 0 Å². The molecule has 6 nitrogen and oxygen atoms in total. The van der Waals surface area contributed by atoms with Gasteiger partial charge in [0.2, 0.25) is 0 Å². The van der Waals surface area contributed by atoms with Crippen molar-refractivity contribution in [2.24, 2.45) is 5.92 Å². The molecule has 3 N–H and O–H groups in total. The minimum Gasteiger partial charge on any atom is -0.480 e. The summed E-state index contributed by atoms with van der Waals surface area (Å²) in [6.07, 6.45) is 4.76. The number of nitrogens with one attached hydrogen (secondary N) is 2. The number of hydrogen-bond acceptors (Lipinski definition) is 3. The third-order valence-corrected chi connectivity index (χ3v) is 4.67. The fraction of sp³-hybridized carbons (Fsp3) is 0.867. The highest BCUT2D eigenvalue weighted by Gasteiger charge is 2.48. The van der Waals surface area contributed by atoms with Gasteiger partial charge in [0.25, 0.3) is 0 Å². The summed E-state index contributed by atoms with van der Waals surface area (Å²) in [7, 11) is 0. The summed E-state index contributed by atoms with van der Waals surface area (Å²) < 4.78 is 0. The Morgan fingerprint density at radius 2 is 1.86 bits per heavy atom. The van der Waals surface area contributed by atoms with Crippen LogP contribution in [0.2, 0.25) is 0 Å². The van der Waals surface area contributed by atoms with Crippen molar-refractivity contribution in [3.63, 3.8) is 0 Å². The number of hydrogen-bond donors (Lipinski definition) is 3. The third-order valence-electron chi connectivity index (χ3n) is 4.67. The first kappa shape index (κ1) is 16.1. The van der Waals surface area contributed by atoms with Crippen molar-refractivity contribution in [2.75, 3.05) is 19.6 Å². The number of carboxylic acid groups (broad SMARTS) is 1. The summed E-state index contributed by atoms with van der Waals surface area (Å²) in [5, 5.41) is 15.0. The van der Waals surface area contributed by atoms with Crippen LogP contribution in [0.1, 0.15) is 46.0 Å². The predicted molar refractivity (Wildman–Crippen MR) is 80.2 cm³/mol. The molecule has 0 spiro atoms. The highest BCUT2D eigenvalue weighted by molar-refractivity contribution is 5.86. The summed E-state index contributed by atoms with van der Waals surface area (Å²) in [6.45, 7) is 6.88. The predicted octanol–water partition coefficient (Wildman–Crippen LogP) is 1.41. The summed E-state index contributed by atoms with van der Waals surface area (Å²) in [6, 6.07) is -0.198. The van der Waals surface area contributed by atoms with Gasteiger partial charge < -0.3 is 20.6 Å². The third kappa shape index (κ3) is 4.09. The molecule has 0 aromatic carbocycles. The molecule has 2 amide bonds. The highest BCUT2D eigenvalue weighted by atomic mass is 16.4. The van der Waals surface area contributed by atoms with Gasteiger partial charge in [-0.25, -0.2) is 9.59 Å². The Kier molecular flexibility index (Phi) is 5.08. The van der Waals surface area contributed by atoms with Crippen molar-refractivity contribution in [3.8, 4) is 0 Å². The van der Waals surface area contributed by atoms with Gasteiger partial charge in [0.05, 0.1) is 0 Å². The summed E-state index contributed by atoms with van der Waals surface area (Å²) in [5.74, 6) is -0.884. The van der Waals surface area contributed by atoms with Gasteiger partial charge in [-0.05, 0) is 51.5 Å². The highest BCUT2D eigenvalue weighted by Crippen LogP contribution is 2.39. The molecule has 0 aromatic rings. The molecule has 1 atom stereocenters. The Bertz CT molecular complexity index is 390. The van der Waals surface area contributed by atoms with E-state index in [9.17, 15) is 14.7 Å². The van der Waals surface area contributed by atoms with E-state index in [1.807, 2.05) is 0 Å². The van der Waals surface area contributed by atoms with Gasteiger partial charge in [-0.3, -0.25) is 0 Å². The fourth-order valence-electron chi connectivity index (χ4n) is 3.07. The van der Waals surface area contributed by atoms with Crippen LogP contribution in [0.5, 0.6) is 0 Å². The van der Waals surface area contributed by atoms with E-state index in [-0.39, 0.29) is 18.0 Å². The molecule has 2 aliphatic rings. The van der Waals surface area contributed by atoms with Crippen LogP contribution in [0, 0.1) is 5.92 Å². The van der Waals surface area contributed by atoms with E-state index >= 15 is 0 Å². The Morgan fingerprint density at radius 3 is 2.33 bits per heavy atom. The van der Waals surface area contributed by atoms with Crippen molar-refractivity contribution in [2.45, 2.75) is 57.5 Å². The lowest BCUT2D eigenvalue weighted by Crippen LogP contribution is -2.58. The number of rotatable bonds is 6. The normalized spacial score (nSPS) is 23.3. The average molecular weight is 297 g/mol. The Hall–Kier alpha value is -1.30. The molecular formula is C15H27N3O3. The Balaban J connectivity index is 1.78. The van der Waals surface area contributed by atoms with Crippen LogP contribution in [0.3, 0.4) is 0 Å². The zero-order chi connectivity index (χ0) is 15.5. The van der Waals surface area contributed by atoms with E-state index < -0.39 is 11.5 Å². The summed E-state index contributed by atoms with van der Waals surface area (Å²) in [4.78, 5) is 25.9. The number of likely N-dealkylation sites (tertiary alicyclic amines) is 1. The van der Waals surface area contributed by atoms with Gasteiger partial charge in [0, 0.05) is 19.1 Å². The van der Waals surface area contributed by atoms with Gasteiger partial charge >= 0.3 is 12.0 Å². The topological polar surface area (TPSA) is 81.7 Å². The van der Waals surface area contributed by atoms with Crippen molar-refractivity contribution in [3.05, 3.63) is 0 Å². The Labute approximate surface area is 126 Å². The summed E-state index contributed by atoms with van der Waals surface area (Å²) >= 11 is 0. The molecule has 1 aliphatic heterocycles. The zero-order valence-corrected chi connectivity index (χ0v) is 13.0. The molecule has 21 heavy (non-hydrogen) atoms. The van der Waals surface area contributed by atoms with E-state index in [2.05, 4.69) is 22.5 Å². The number of piperidine rings is 1. The van der Waals surface area contributed by atoms with E-state index in [0.29, 0.717) is 0 Å². The zero-order valence-electron chi connectivity index (χ0n) is 13.0. The number of aliphatic carboxylic acids is 1. The van der Waals surface area contributed by atoms with Crippen molar-refractivity contribution >= 4 is 12.0 Å². The van der Waals surface area contributed by atoms with E-state index in [1.165, 1.54) is 0 Å². The first-order valence-corrected chi connectivity index (χ1v) is 8.00. The number of urea groups is 1. The van der Waals surface area contributed by atoms with Gasteiger partial charge in [-0.15, -0.1) is 0 Å². The molecule has 1 saturated heterocycles. The molecule has 0 aromatic heterocycles. The molecule has 1 aliphatic carbocycles. The monoisotopic (exact) mass is 297 g/mol. The second-order valence-corrected chi connectivity index (χ2v) is 6.50. The largest absolute Gasteiger partial charge is 0.480 e. The smallest absolute Gasteiger partial charge is 0.329 e. The average Bonchev–Trinajstić information content (AvgIpc) is 3.25. The van der Waals surface area contributed by atoms with E-state index in [1.54, 1.807) is 6.92 Å². The lowest BCUT2D eigenvalue weighted by atomic mass is 9.96. The second kappa shape index (κ2) is 6.64. The lowest BCUT2D eigenvalue weighted by molar-refractivity contribution is -0.144. The SMILES string of the molecule is CCCN1CCC(NC(=O)NC(C)(C(=O)O)C2CC2)CC1. The van der Waals surface area contributed by atoms with Gasteiger partial charge in [-0.2, -0.15) is 0 Å². The number of carbonyl (C=O) groups excluding carboxylic acids is 1. The molecule has 1 heterocycles. The molecule has 1 saturated carbocycles. The molecule has 0 radical (unpaired) electrons. The first-order chi connectivity index (χ1) is 9.95. The van der Waals surface area contributed by atoms with Crippen molar-refractivity contribution in [1.82, 2.24) is 15.5 Å². The van der Waals surface area contributed by atoms with Crippen LogP contribution in [-0.4, -0.2) is 53.2 Å².